The smallest absolute Gasteiger partial charge is 0.0741 e. The van der Waals surface area contributed by atoms with E-state index < -0.39 is 0 Å². The van der Waals surface area contributed by atoms with Crippen LogP contribution >= 0.6 is 0 Å². The Morgan fingerprint density at radius 3 is 2.65 bits per heavy atom. The molecule has 2 aliphatic heterocycles. The van der Waals surface area contributed by atoms with Gasteiger partial charge in [-0.25, -0.2) is 0 Å². The summed E-state index contributed by atoms with van der Waals surface area (Å²) in [4.78, 5) is 2.62. The van der Waals surface area contributed by atoms with Gasteiger partial charge in [0, 0.05) is 45.0 Å². The lowest BCUT2D eigenvalue weighted by Crippen LogP contribution is -2.50. The van der Waals surface area contributed by atoms with Crippen molar-refractivity contribution in [3.05, 3.63) is 0 Å². The van der Waals surface area contributed by atoms with Crippen LogP contribution in [0, 0.1) is 0 Å². The Balaban J connectivity index is 1.40. The van der Waals surface area contributed by atoms with E-state index in [4.69, 9.17) is 9.47 Å². The molecule has 0 bridgehead atoms. The highest BCUT2D eigenvalue weighted by Crippen LogP contribution is 2.34. The zero-order valence-corrected chi connectivity index (χ0v) is 12.9. The second-order valence-electron chi connectivity index (χ2n) is 6.65. The maximum atomic E-state index is 6.10. The Bertz CT molecular complexity index is 295. The van der Waals surface area contributed by atoms with Crippen molar-refractivity contribution < 1.29 is 9.47 Å². The SMILES string of the molecule is CCN(CCNC1CCOC2(CCOCC2)C1)C1CC1. The summed E-state index contributed by atoms with van der Waals surface area (Å²) in [5.74, 6) is 0. The summed E-state index contributed by atoms with van der Waals surface area (Å²) in [5.41, 5.74) is 0.120. The van der Waals surface area contributed by atoms with Crippen LogP contribution in [0.2, 0.25) is 0 Å². The third kappa shape index (κ3) is 3.73. The second kappa shape index (κ2) is 6.73. The number of nitrogens with zero attached hydrogens (tertiary/aromatic N) is 1. The summed E-state index contributed by atoms with van der Waals surface area (Å²) in [6.07, 6.45) is 7.31. The molecule has 3 rings (SSSR count). The number of nitrogens with one attached hydrogen (secondary N) is 1. The number of likely N-dealkylation sites (N-methyl/N-ethyl adjacent to an activating group) is 1. The zero-order valence-electron chi connectivity index (χ0n) is 12.9. The van der Waals surface area contributed by atoms with Crippen molar-refractivity contribution in [1.82, 2.24) is 10.2 Å². The summed E-state index contributed by atoms with van der Waals surface area (Å²) in [6, 6.07) is 1.53. The largest absolute Gasteiger partial charge is 0.381 e. The highest BCUT2D eigenvalue weighted by atomic mass is 16.5. The Labute approximate surface area is 123 Å². The van der Waals surface area contributed by atoms with Gasteiger partial charge in [-0.05, 0) is 45.1 Å². The van der Waals surface area contributed by atoms with Crippen molar-refractivity contribution >= 4 is 0 Å². The molecule has 2 saturated heterocycles. The molecule has 0 aromatic heterocycles. The predicted molar refractivity (Wildman–Crippen MR) is 80.0 cm³/mol. The van der Waals surface area contributed by atoms with Crippen LogP contribution in [0.15, 0.2) is 0 Å². The van der Waals surface area contributed by atoms with E-state index in [1.807, 2.05) is 0 Å². The normalized spacial score (nSPS) is 30.0. The van der Waals surface area contributed by atoms with Crippen molar-refractivity contribution in [1.29, 1.82) is 0 Å². The van der Waals surface area contributed by atoms with E-state index in [0.717, 1.165) is 51.7 Å². The van der Waals surface area contributed by atoms with Crippen molar-refractivity contribution in [3.8, 4) is 0 Å². The van der Waals surface area contributed by atoms with Gasteiger partial charge in [0.05, 0.1) is 5.60 Å². The monoisotopic (exact) mass is 282 g/mol. The summed E-state index contributed by atoms with van der Waals surface area (Å²) < 4.78 is 11.6. The van der Waals surface area contributed by atoms with Gasteiger partial charge in [0.1, 0.15) is 0 Å². The van der Waals surface area contributed by atoms with Crippen LogP contribution in [0.4, 0.5) is 0 Å². The summed E-state index contributed by atoms with van der Waals surface area (Å²) >= 11 is 0. The first-order valence-electron chi connectivity index (χ1n) is 8.50. The Morgan fingerprint density at radius 1 is 1.15 bits per heavy atom. The average Bonchev–Trinajstić information content (AvgIpc) is 3.29. The van der Waals surface area contributed by atoms with Crippen molar-refractivity contribution in [2.24, 2.45) is 0 Å². The second-order valence-corrected chi connectivity index (χ2v) is 6.65. The molecule has 116 valence electrons. The van der Waals surface area contributed by atoms with Gasteiger partial charge < -0.3 is 14.8 Å². The molecule has 4 heteroatoms. The number of hydrogen-bond donors (Lipinski definition) is 1. The first kappa shape index (κ1) is 14.8. The van der Waals surface area contributed by atoms with Gasteiger partial charge in [-0.3, -0.25) is 4.90 Å². The third-order valence-electron chi connectivity index (χ3n) is 5.20. The van der Waals surface area contributed by atoms with E-state index in [1.54, 1.807) is 0 Å². The van der Waals surface area contributed by atoms with Gasteiger partial charge >= 0.3 is 0 Å². The summed E-state index contributed by atoms with van der Waals surface area (Å²) in [7, 11) is 0. The Hall–Kier alpha value is -0.160. The van der Waals surface area contributed by atoms with Crippen molar-refractivity contribution in [2.75, 3.05) is 39.5 Å². The van der Waals surface area contributed by atoms with Gasteiger partial charge in [0.15, 0.2) is 0 Å². The first-order chi connectivity index (χ1) is 9.81. The van der Waals surface area contributed by atoms with Crippen LogP contribution in [-0.4, -0.2) is 62.0 Å². The van der Waals surface area contributed by atoms with Crippen LogP contribution in [0.5, 0.6) is 0 Å². The van der Waals surface area contributed by atoms with E-state index in [9.17, 15) is 0 Å². The van der Waals surface area contributed by atoms with E-state index in [2.05, 4.69) is 17.1 Å². The minimum atomic E-state index is 0.120. The van der Waals surface area contributed by atoms with Crippen LogP contribution in [-0.2, 0) is 9.47 Å². The molecule has 0 aromatic rings. The molecule has 1 saturated carbocycles. The fraction of sp³-hybridized carbons (Fsp3) is 1.00. The number of hydrogen-bond acceptors (Lipinski definition) is 4. The molecule has 3 aliphatic rings. The van der Waals surface area contributed by atoms with Gasteiger partial charge in [-0.1, -0.05) is 6.92 Å². The lowest BCUT2D eigenvalue weighted by Gasteiger charge is -2.43. The fourth-order valence-electron chi connectivity index (χ4n) is 3.74. The van der Waals surface area contributed by atoms with E-state index >= 15 is 0 Å². The molecule has 1 unspecified atom stereocenters. The molecule has 3 fully saturated rings. The lowest BCUT2D eigenvalue weighted by atomic mass is 9.84. The molecule has 20 heavy (non-hydrogen) atoms. The van der Waals surface area contributed by atoms with Crippen LogP contribution in [0.25, 0.3) is 0 Å². The minimum Gasteiger partial charge on any atom is -0.381 e. The Kier molecular flexibility index (Phi) is 4.97. The maximum Gasteiger partial charge on any atom is 0.0741 e. The molecule has 0 aromatic carbocycles. The van der Waals surface area contributed by atoms with E-state index in [1.165, 1.54) is 32.4 Å². The van der Waals surface area contributed by atoms with Gasteiger partial charge in [0.2, 0.25) is 0 Å². The van der Waals surface area contributed by atoms with Crippen LogP contribution in [0.1, 0.15) is 45.4 Å². The summed E-state index contributed by atoms with van der Waals surface area (Å²) in [5, 5.41) is 3.78. The van der Waals surface area contributed by atoms with Crippen molar-refractivity contribution in [3.63, 3.8) is 0 Å². The molecule has 0 amide bonds. The molecule has 1 aliphatic carbocycles. The topological polar surface area (TPSA) is 33.7 Å². The van der Waals surface area contributed by atoms with Crippen LogP contribution in [0.3, 0.4) is 0 Å². The maximum absolute atomic E-state index is 6.10. The predicted octanol–water partition coefficient (Wildman–Crippen LogP) is 1.79. The number of rotatable bonds is 6. The van der Waals surface area contributed by atoms with Crippen LogP contribution < -0.4 is 5.32 Å². The highest BCUT2D eigenvalue weighted by Gasteiger charge is 2.38. The lowest BCUT2D eigenvalue weighted by molar-refractivity contribution is -0.140. The molecule has 4 nitrogen and oxygen atoms in total. The molecular weight excluding hydrogens is 252 g/mol. The first-order valence-corrected chi connectivity index (χ1v) is 8.50. The molecule has 0 radical (unpaired) electrons. The molecule has 2 heterocycles. The molecule has 1 spiro atoms. The quantitative estimate of drug-likeness (QED) is 0.805. The highest BCUT2D eigenvalue weighted by molar-refractivity contribution is 4.92. The van der Waals surface area contributed by atoms with Gasteiger partial charge in [0.25, 0.3) is 0 Å². The fourth-order valence-corrected chi connectivity index (χ4v) is 3.74. The standard InChI is InChI=1S/C16H30N2O2/c1-2-18(15-3-4-15)9-8-17-14-5-10-20-16(13-14)6-11-19-12-7-16/h14-15,17H,2-13H2,1H3. The average molecular weight is 282 g/mol. The van der Waals surface area contributed by atoms with Crippen molar-refractivity contribution in [2.45, 2.75) is 63.1 Å². The Morgan fingerprint density at radius 2 is 1.95 bits per heavy atom. The molecule has 1 N–H and O–H groups in total. The summed E-state index contributed by atoms with van der Waals surface area (Å²) in [6.45, 7) is 8.47. The minimum absolute atomic E-state index is 0.120. The molecule has 1 atom stereocenters. The third-order valence-corrected chi connectivity index (χ3v) is 5.20. The zero-order chi connectivity index (χ0) is 13.8. The van der Waals surface area contributed by atoms with Gasteiger partial charge in [-0.2, -0.15) is 0 Å². The van der Waals surface area contributed by atoms with Gasteiger partial charge in [-0.15, -0.1) is 0 Å². The number of ether oxygens (including phenoxy) is 2. The van der Waals surface area contributed by atoms with E-state index in [0.29, 0.717) is 6.04 Å². The van der Waals surface area contributed by atoms with E-state index in [-0.39, 0.29) is 5.60 Å². The molecular formula is C16H30N2O2.